The standard InChI is InChI=1S/C9H14N2O3S/c1-6-7(2)15-9(11-6)10-3-4-14-5-8(12)13/h3-5H2,1-2H3,(H,10,11)(H,12,13). The molecule has 0 unspecified atom stereocenters. The number of carboxylic acid groups (broad SMARTS) is 1. The molecule has 0 aliphatic carbocycles. The lowest BCUT2D eigenvalue weighted by molar-refractivity contribution is -0.142. The van der Waals surface area contributed by atoms with Gasteiger partial charge in [-0.05, 0) is 13.8 Å². The highest BCUT2D eigenvalue weighted by atomic mass is 32.1. The molecule has 84 valence electrons. The summed E-state index contributed by atoms with van der Waals surface area (Å²) in [4.78, 5) is 15.6. The second-order valence-corrected chi connectivity index (χ2v) is 4.24. The lowest BCUT2D eigenvalue weighted by atomic mass is 10.4. The first-order valence-electron chi connectivity index (χ1n) is 4.57. The predicted molar refractivity (Wildman–Crippen MR) is 58.5 cm³/mol. The molecule has 0 amide bonds. The molecule has 0 atom stereocenters. The molecule has 0 saturated heterocycles. The Labute approximate surface area is 92.1 Å². The maximum Gasteiger partial charge on any atom is 0.329 e. The quantitative estimate of drug-likeness (QED) is 0.720. The number of ether oxygens (including phenoxy) is 1. The van der Waals surface area contributed by atoms with E-state index in [-0.39, 0.29) is 6.61 Å². The maximum absolute atomic E-state index is 10.1. The highest BCUT2D eigenvalue weighted by molar-refractivity contribution is 7.15. The lowest BCUT2D eigenvalue weighted by Crippen LogP contribution is -2.13. The number of carbonyl (C=O) groups is 1. The fourth-order valence-corrected chi connectivity index (χ4v) is 1.78. The molecule has 0 fully saturated rings. The van der Waals surface area contributed by atoms with E-state index in [1.165, 1.54) is 4.88 Å². The zero-order valence-corrected chi connectivity index (χ0v) is 9.56. The van der Waals surface area contributed by atoms with Crippen molar-refractivity contribution in [2.24, 2.45) is 0 Å². The summed E-state index contributed by atoms with van der Waals surface area (Å²) in [7, 11) is 0. The van der Waals surface area contributed by atoms with Gasteiger partial charge in [0.05, 0.1) is 12.3 Å². The fraction of sp³-hybridized carbons (Fsp3) is 0.556. The van der Waals surface area contributed by atoms with Gasteiger partial charge in [0.25, 0.3) is 0 Å². The number of aryl methyl sites for hydroxylation is 2. The predicted octanol–water partition coefficient (Wildman–Crippen LogP) is 1.27. The van der Waals surface area contributed by atoms with Gasteiger partial charge in [0, 0.05) is 11.4 Å². The molecular formula is C9H14N2O3S. The largest absolute Gasteiger partial charge is 0.480 e. The van der Waals surface area contributed by atoms with Gasteiger partial charge < -0.3 is 15.2 Å². The van der Waals surface area contributed by atoms with Crippen LogP contribution in [0, 0.1) is 13.8 Å². The Morgan fingerprint density at radius 1 is 1.60 bits per heavy atom. The van der Waals surface area contributed by atoms with Crippen LogP contribution in [0.4, 0.5) is 5.13 Å². The average molecular weight is 230 g/mol. The van der Waals surface area contributed by atoms with Crippen molar-refractivity contribution in [2.75, 3.05) is 25.1 Å². The molecule has 6 heteroatoms. The Balaban J connectivity index is 2.18. The molecule has 1 aromatic rings. The van der Waals surface area contributed by atoms with E-state index >= 15 is 0 Å². The van der Waals surface area contributed by atoms with Gasteiger partial charge in [0.2, 0.25) is 0 Å². The van der Waals surface area contributed by atoms with Gasteiger partial charge in [-0.25, -0.2) is 9.78 Å². The SMILES string of the molecule is Cc1nc(NCCOCC(=O)O)sc1C. The Kier molecular flexibility index (Phi) is 4.51. The fourth-order valence-electron chi connectivity index (χ4n) is 0.938. The molecular weight excluding hydrogens is 216 g/mol. The molecule has 0 radical (unpaired) electrons. The molecule has 15 heavy (non-hydrogen) atoms. The number of aromatic nitrogens is 1. The molecule has 1 aromatic heterocycles. The van der Waals surface area contributed by atoms with Crippen LogP contribution in [0.2, 0.25) is 0 Å². The summed E-state index contributed by atoms with van der Waals surface area (Å²) in [6.45, 7) is 4.65. The summed E-state index contributed by atoms with van der Waals surface area (Å²) in [5, 5.41) is 12.2. The highest BCUT2D eigenvalue weighted by Crippen LogP contribution is 2.20. The summed E-state index contributed by atoms with van der Waals surface area (Å²) >= 11 is 1.58. The number of aliphatic carboxylic acids is 1. The van der Waals surface area contributed by atoms with Crippen molar-refractivity contribution in [1.82, 2.24) is 4.98 Å². The van der Waals surface area contributed by atoms with Gasteiger partial charge >= 0.3 is 5.97 Å². The minimum atomic E-state index is -0.948. The van der Waals surface area contributed by atoms with Crippen molar-refractivity contribution in [3.63, 3.8) is 0 Å². The van der Waals surface area contributed by atoms with E-state index in [4.69, 9.17) is 9.84 Å². The Morgan fingerprint density at radius 2 is 2.33 bits per heavy atom. The molecule has 5 nitrogen and oxygen atoms in total. The Morgan fingerprint density at radius 3 is 2.87 bits per heavy atom. The van der Waals surface area contributed by atoms with E-state index in [2.05, 4.69) is 10.3 Å². The van der Waals surface area contributed by atoms with Crippen LogP contribution in [0.3, 0.4) is 0 Å². The van der Waals surface area contributed by atoms with E-state index in [9.17, 15) is 4.79 Å². The molecule has 1 heterocycles. The van der Waals surface area contributed by atoms with E-state index in [0.717, 1.165) is 10.8 Å². The van der Waals surface area contributed by atoms with E-state index in [0.29, 0.717) is 13.2 Å². The monoisotopic (exact) mass is 230 g/mol. The van der Waals surface area contributed by atoms with Crippen LogP contribution in [-0.2, 0) is 9.53 Å². The summed E-state index contributed by atoms with van der Waals surface area (Å²) < 4.78 is 4.87. The summed E-state index contributed by atoms with van der Waals surface area (Å²) in [6, 6.07) is 0. The second-order valence-electron chi connectivity index (χ2n) is 3.03. The third-order valence-corrected chi connectivity index (χ3v) is 2.81. The Bertz CT molecular complexity index is 319. The van der Waals surface area contributed by atoms with Crippen molar-refractivity contribution in [3.8, 4) is 0 Å². The van der Waals surface area contributed by atoms with E-state index < -0.39 is 5.97 Å². The number of nitrogens with one attached hydrogen (secondary N) is 1. The average Bonchev–Trinajstić information content (AvgIpc) is 2.45. The first kappa shape index (κ1) is 11.9. The van der Waals surface area contributed by atoms with Crippen molar-refractivity contribution >= 4 is 22.4 Å². The maximum atomic E-state index is 10.1. The van der Waals surface area contributed by atoms with E-state index in [1.807, 2.05) is 13.8 Å². The number of hydrogen-bond acceptors (Lipinski definition) is 5. The van der Waals surface area contributed by atoms with Crippen LogP contribution in [0.25, 0.3) is 0 Å². The van der Waals surface area contributed by atoms with Crippen molar-refractivity contribution in [3.05, 3.63) is 10.6 Å². The second kappa shape index (κ2) is 5.67. The molecule has 0 aromatic carbocycles. The minimum Gasteiger partial charge on any atom is -0.480 e. The number of rotatable bonds is 6. The van der Waals surface area contributed by atoms with Crippen LogP contribution in [-0.4, -0.2) is 35.8 Å². The highest BCUT2D eigenvalue weighted by Gasteiger charge is 2.02. The number of anilines is 1. The summed E-state index contributed by atoms with van der Waals surface area (Å²) in [5.74, 6) is -0.948. The molecule has 0 aliphatic heterocycles. The molecule has 0 saturated carbocycles. The first-order chi connectivity index (χ1) is 7.09. The van der Waals surface area contributed by atoms with Gasteiger partial charge in [-0.1, -0.05) is 0 Å². The third-order valence-electron chi connectivity index (χ3n) is 1.78. The molecule has 0 bridgehead atoms. The smallest absolute Gasteiger partial charge is 0.329 e. The van der Waals surface area contributed by atoms with Gasteiger partial charge in [-0.3, -0.25) is 0 Å². The number of thiazole rings is 1. The number of hydrogen-bond donors (Lipinski definition) is 2. The van der Waals surface area contributed by atoms with Gasteiger partial charge in [0.15, 0.2) is 5.13 Å². The van der Waals surface area contributed by atoms with Gasteiger partial charge in [0.1, 0.15) is 6.61 Å². The summed E-state index contributed by atoms with van der Waals surface area (Å²) in [6.07, 6.45) is 0. The van der Waals surface area contributed by atoms with Crippen molar-refractivity contribution in [2.45, 2.75) is 13.8 Å². The Hall–Kier alpha value is -1.14. The number of nitrogens with zero attached hydrogens (tertiary/aromatic N) is 1. The van der Waals surface area contributed by atoms with Crippen LogP contribution in [0.15, 0.2) is 0 Å². The lowest BCUT2D eigenvalue weighted by Gasteiger charge is -2.01. The molecule has 0 aliphatic rings. The van der Waals surface area contributed by atoms with Crippen LogP contribution in [0.5, 0.6) is 0 Å². The van der Waals surface area contributed by atoms with Crippen LogP contribution in [0.1, 0.15) is 10.6 Å². The molecule has 2 N–H and O–H groups in total. The normalized spacial score (nSPS) is 10.3. The zero-order valence-electron chi connectivity index (χ0n) is 8.74. The van der Waals surface area contributed by atoms with Gasteiger partial charge in [-0.2, -0.15) is 0 Å². The first-order valence-corrected chi connectivity index (χ1v) is 5.38. The van der Waals surface area contributed by atoms with Crippen LogP contribution < -0.4 is 5.32 Å². The molecule has 0 spiro atoms. The van der Waals surface area contributed by atoms with Crippen LogP contribution >= 0.6 is 11.3 Å². The van der Waals surface area contributed by atoms with Crippen molar-refractivity contribution in [1.29, 1.82) is 0 Å². The molecule has 1 rings (SSSR count). The number of carboxylic acids is 1. The van der Waals surface area contributed by atoms with Gasteiger partial charge in [-0.15, -0.1) is 11.3 Å². The third kappa shape index (κ3) is 4.26. The minimum absolute atomic E-state index is 0.252. The van der Waals surface area contributed by atoms with Crippen molar-refractivity contribution < 1.29 is 14.6 Å². The van der Waals surface area contributed by atoms with E-state index in [1.54, 1.807) is 11.3 Å². The zero-order chi connectivity index (χ0) is 11.3. The topological polar surface area (TPSA) is 71.5 Å². The summed E-state index contributed by atoms with van der Waals surface area (Å²) in [5.41, 5.74) is 1.02.